The summed E-state index contributed by atoms with van der Waals surface area (Å²) in [5, 5.41) is 0. The molecule has 16 heavy (non-hydrogen) atoms. The number of methoxy groups -OCH3 is 1. The van der Waals surface area contributed by atoms with E-state index in [2.05, 4.69) is 9.80 Å². The van der Waals surface area contributed by atoms with Crippen LogP contribution in [0, 0.1) is 5.92 Å². The van der Waals surface area contributed by atoms with Crippen molar-refractivity contribution in [3.63, 3.8) is 0 Å². The van der Waals surface area contributed by atoms with Crippen molar-refractivity contribution in [1.29, 1.82) is 0 Å². The molecule has 0 aromatic rings. The van der Waals surface area contributed by atoms with Crippen molar-refractivity contribution >= 4 is 0 Å². The molecule has 0 saturated carbocycles. The number of nitrogens with zero attached hydrogens (tertiary/aromatic N) is 2. The van der Waals surface area contributed by atoms with Crippen LogP contribution in [-0.4, -0.2) is 62.8 Å². The SMILES string of the molecule is COCCN1CCC(CN2CCCC2)CC1. The molecular weight excluding hydrogens is 200 g/mol. The molecule has 0 bridgehead atoms. The Morgan fingerprint density at radius 2 is 1.69 bits per heavy atom. The summed E-state index contributed by atoms with van der Waals surface area (Å²) in [6.07, 6.45) is 5.62. The lowest BCUT2D eigenvalue weighted by Gasteiger charge is -2.33. The van der Waals surface area contributed by atoms with E-state index in [9.17, 15) is 0 Å². The predicted molar refractivity (Wildman–Crippen MR) is 66.7 cm³/mol. The Labute approximate surface area is 99.7 Å². The third-order valence-corrected chi connectivity index (χ3v) is 4.03. The summed E-state index contributed by atoms with van der Waals surface area (Å²) in [4.78, 5) is 5.21. The topological polar surface area (TPSA) is 15.7 Å². The van der Waals surface area contributed by atoms with E-state index in [4.69, 9.17) is 4.74 Å². The van der Waals surface area contributed by atoms with Gasteiger partial charge in [0.2, 0.25) is 0 Å². The Morgan fingerprint density at radius 3 is 2.31 bits per heavy atom. The highest BCUT2D eigenvalue weighted by molar-refractivity contribution is 4.77. The molecular formula is C13H26N2O. The number of ether oxygens (including phenoxy) is 1. The third kappa shape index (κ3) is 3.72. The Balaban J connectivity index is 1.60. The fourth-order valence-electron chi connectivity index (χ4n) is 2.94. The van der Waals surface area contributed by atoms with Gasteiger partial charge in [0, 0.05) is 20.2 Å². The van der Waals surface area contributed by atoms with Crippen LogP contribution < -0.4 is 0 Å². The fraction of sp³-hybridized carbons (Fsp3) is 1.00. The van der Waals surface area contributed by atoms with Crippen LogP contribution >= 0.6 is 0 Å². The van der Waals surface area contributed by atoms with Crippen molar-refractivity contribution in [1.82, 2.24) is 9.80 Å². The van der Waals surface area contributed by atoms with Crippen molar-refractivity contribution in [2.24, 2.45) is 5.92 Å². The molecule has 0 aromatic carbocycles. The lowest BCUT2D eigenvalue weighted by Crippen LogP contribution is -2.39. The second kappa shape index (κ2) is 6.58. The first-order valence-electron chi connectivity index (χ1n) is 6.82. The maximum Gasteiger partial charge on any atom is 0.0589 e. The number of hydrogen-bond acceptors (Lipinski definition) is 3. The predicted octanol–water partition coefficient (Wildman–Crippen LogP) is 1.44. The average Bonchev–Trinajstić information content (AvgIpc) is 2.81. The number of likely N-dealkylation sites (tertiary alicyclic amines) is 2. The molecule has 2 heterocycles. The van der Waals surface area contributed by atoms with E-state index in [1.165, 1.54) is 58.4 Å². The summed E-state index contributed by atoms with van der Waals surface area (Å²) in [7, 11) is 1.79. The summed E-state index contributed by atoms with van der Waals surface area (Å²) >= 11 is 0. The molecule has 0 unspecified atom stereocenters. The van der Waals surface area contributed by atoms with Gasteiger partial charge >= 0.3 is 0 Å². The van der Waals surface area contributed by atoms with Gasteiger partial charge in [-0.3, -0.25) is 0 Å². The second-order valence-corrected chi connectivity index (χ2v) is 5.29. The van der Waals surface area contributed by atoms with Gasteiger partial charge in [-0.2, -0.15) is 0 Å². The molecule has 3 heteroatoms. The average molecular weight is 226 g/mol. The summed E-state index contributed by atoms with van der Waals surface area (Å²) in [6, 6.07) is 0. The second-order valence-electron chi connectivity index (χ2n) is 5.29. The zero-order valence-corrected chi connectivity index (χ0v) is 10.7. The van der Waals surface area contributed by atoms with E-state index < -0.39 is 0 Å². The molecule has 2 aliphatic rings. The van der Waals surface area contributed by atoms with Gasteiger partial charge in [0.25, 0.3) is 0 Å². The van der Waals surface area contributed by atoms with Crippen LogP contribution in [0.25, 0.3) is 0 Å². The zero-order chi connectivity index (χ0) is 11.2. The normalized spacial score (nSPS) is 25.3. The summed E-state index contributed by atoms with van der Waals surface area (Å²) in [5.74, 6) is 0.955. The van der Waals surface area contributed by atoms with Crippen molar-refractivity contribution < 1.29 is 4.74 Å². The van der Waals surface area contributed by atoms with Gasteiger partial charge in [0.15, 0.2) is 0 Å². The van der Waals surface area contributed by atoms with E-state index in [0.717, 1.165) is 19.1 Å². The molecule has 2 aliphatic heterocycles. The Morgan fingerprint density at radius 1 is 1.00 bits per heavy atom. The van der Waals surface area contributed by atoms with E-state index in [1.54, 1.807) is 7.11 Å². The van der Waals surface area contributed by atoms with E-state index in [0.29, 0.717) is 0 Å². The summed E-state index contributed by atoms with van der Waals surface area (Å²) in [6.45, 7) is 8.62. The van der Waals surface area contributed by atoms with Gasteiger partial charge in [0.1, 0.15) is 0 Å². The first kappa shape index (κ1) is 12.3. The molecule has 0 aliphatic carbocycles. The van der Waals surface area contributed by atoms with Crippen LogP contribution in [0.15, 0.2) is 0 Å². The highest BCUT2D eigenvalue weighted by atomic mass is 16.5. The highest BCUT2D eigenvalue weighted by Gasteiger charge is 2.22. The molecule has 2 rings (SSSR count). The van der Waals surface area contributed by atoms with E-state index >= 15 is 0 Å². The summed E-state index contributed by atoms with van der Waals surface area (Å²) in [5.41, 5.74) is 0. The highest BCUT2D eigenvalue weighted by Crippen LogP contribution is 2.20. The molecule has 0 N–H and O–H groups in total. The first-order chi connectivity index (χ1) is 7.88. The van der Waals surface area contributed by atoms with Gasteiger partial charge < -0.3 is 14.5 Å². The molecule has 0 aromatic heterocycles. The first-order valence-corrected chi connectivity index (χ1v) is 6.82. The third-order valence-electron chi connectivity index (χ3n) is 4.03. The van der Waals surface area contributed by atoms with Crippen LogP contribution in [0.4, 0.5) is 0 Å². The van der Waals surface area contributed by atoms with Gasteiger partial charge in [-0.15, -0.1) is 0 Å². The van der Waals surface area contributed by atoms with Crippen molar-refractivity contribution in [2.45, 2.75) is 25.7 Å². The molecule has 2 fully saturated rings. The number of piperidine rings is 1. The maximum atomic E-state index is 5.13. The Hall–Kier alpha value is -0.120. The molecule has 0 radical (unpaired) electrons. The number of rotatable bonds is 5. The van der Waals surface area contributed by atoms with Crippen LogP contribution in [0.2, 0.25) is 0 Å². The van der Waals surface area contributed by atoms with Gasteiger partial charge in [-0.05, 0) is 57.8 Å². The van der Waals surface area contributed by atoms with Gasteiger partial charge in [0.05, 0.1) is 6.61 Å². The minimum absolute atomic E-state index is 0.886. The van der Waals surface area contributed by atoms with E-state index in [-0.39, 0.29) is 0 Å². The molecule has 3 nitrogen and oxygen atoms in total. The van der Waals surface area contributed by atoms with Crippen molar-refractivity contribution in [3.8, 4) is 0 Å². The van der Waals surface area contributed by atoms with Crippen LogP contribution in [0.1, 0.15) is 25.7 Å². The Kier molecular flexibility index (Phi) is 5.07. The molecule has 0 amide bonds. The largest absolute Gasteiger partial charge is 0.383 e. The minimum atomic E-state index is 0.886. The quantitative estimate of drug-likeness (QED) is 0.705. The minimum Gasteiger partial charge on any atom is -0.383 e. The monoisotopic (exact) mass is 226 g/mol. The van der Waals surface area contributed by atoms with Gasteiger partial charge in [-0.25, -0.2) is 0 Å². The van der Waals surface area contributed by atoms with E-state index in [1.807, 2.05) is 0 Å². The molecule has 0 spiro atoms. The van der Waals surface area contributed by atoms with Crippen LogP contribution in [0.3, 0.4) is 0 Å². The van der Waals surface area contributed by atoms with Crippen molar-refractivity contribution in [3.05, 3.63) is 0 Å². The van der Waals surface area contributed by atoms with Crippen molar-refractivity contribution in [2.75, 3.05) is 53.0 Å². The maximum absolute atomic E-state index is 5.13. The fourth-order valence-corrected chi connectivity index (χ4v) is 2.94. The lowest BCUT2D eigenvalue weighted by atomic mass is 9.96. The standard InChI is InChI=1S/C13H26N2O/c1-16-11-10-14-8-4-13(5-9-14)12-15-6-2-3-7-15/h13H,2-12H2,1H3. The molecule has 0 atom stereocenters. The lowest BCUT2D eigenvalue weighted by molar-refractivity contribution is 0.110. The molecule has 94 valence electrons. The van der Waals surface area contributed by atoms with Gasteiger partial charge in [-0.1, -0.05) is 0 Å². The molecule has 2 saturated heterocycles. The Bertz CT molecular complexity index is 184. The zero-order valence-electron chi connectivity index (χ0n) is 10.7. The number of hydrogen-bond donors (Lipinski definition) is 0. The van der Waals surface area contributed by atoms with Crippen LogP contribution in [-0.2, 0) is 4.74 Å². The summed E-state index contributed by atoms with van der Waals surface area (Å²) < 4.78 is 5.13. The smallest absolute Gasteiger partial charge is 0.0589 e. The van der Waals surface area contributed by atoms with Crippen LogP contribution in [0.5, 0.6) is 0 Å².